The minimum atomic E-state index is -0.0964. The highest BCUT2D eigenvalue weighted by atomic mass is 79.9. The molecule has 1 spiro atoms. The molecular weight excluding hydrogens is 468 g/mol. The van der Waals surface area contributed by atoms with Gasteiger partial charge in [-0.3, -0.25) is 9.36 Å². The molecule has 3 nitrogen and oxygen atoms in total. The largest absolute Gasteiger partial charge is 0.268 e. The SMILES string of the molecule is CC(C)Sc1nc2c(c(=O)n1-c1cccc(Br)c1)C1(CCCCC1)Cc1ccccc1-2. The van der Waals surface area contributed by atoms with Gasteiger partial charge in [-0.1, -0.05) is 91.1 Å². The molecule has 0 bridgehead atoms. The third-order valence-electron chi connectivity index (χ3n) is 6.60. The summed E-state index contributed by atoms with van der Waals surface area (Å²) in [7, 11) is 0. The van der Waals surface area contributed by atoms with E-state index in [9.17, 15) is 4.79 Å². The molecule has 3 aromatic rings. The van der Waals surface area contributed by atoms with Gasteiger partial charge in [0, 0.05) is 20.7 Å². The first kappa shape index (κ1) is 21.0. The van der Waals surface area contributed by atoms with Crippen molar-refractivity contribution in [2.75, 3.05) is 0 Å². The maximum atomic E-state index is 14.3. The average Bonchev–Trinajstić information content (AvgIpc) is 2.74. The van der Waals surface area contributed by atoms with Crippen molar-refractivity contribution in [1.82, 2.24) is 9.55 Å². The predicted molar refractivity (Wildman–Crippen MR) is 132 cm³/mol. The number of thioether (sulfide) groups is 1. The molecule has 0 atom stereocenters. The van der Waals surface area contributed by atoms with Crippen LogP contribution in [0.3, 0.4) is 0 Å². The first-order chi connectivity index (χ1) is 15.0. The van der Waals surface area contributed by atoms with E-state index in [0.717, 1.165) is 51.4 Å². The lowest BCUT2D eigenvalue weighted by Gasteiger charge is -2.42. The lowest BCUT2D eigenvalue weighted by atomic mass is 9.62. The van der Waals surface area contributed by atoms with Crippen molar-refractivity contribution in [3.05, 3.63) is 74.5 Å². The van der Waals surface area contributed by atoms with E-state index in [1.165, 1.54) is 24.8 Å². The molecule has 160 valence electrons. The highest BCUT2D eigenvalue weighted by Gasteiger charge is 2.43. The van der Waals surface area contributed by atoms with Gasteiger partial charge in [-0.25, -0.2) is 4.98 Å². The van der Waals surface area contributed by atoms with Crippen LogP contribution in [0.15, 0.2) is 63.0 Å². The summed E-state index contributed by atoms with van der Waals surface area (Å²) in [5.74, 6) is 0. The molecule has 1 saturated carbocycles. The summed E-state index contributed by atoms with van der Waals surface area (Å²) in [6, 6.07) is 16.6. The van der Waals surface area contributed by atoms with E-state index in [1.807, 2.05) is 28.8 Å². The molecule has 0 amide bonds. The zero-order chi connectivity index (χ0) is 21.6. The second kappa shape index (κ2) is 8.25. The Labute approximate surface area is 196 Å². The number of fused-ring (bicyclic) bond motifs is 4. The highest BCUT2D eigenvalue weighted by molar-refractivity contribution is 9.10. The molecule has 2 aliphatic rings. The monoisotopic (exact) mass is 494 g/mol. The molecule has 1 fully saturated rings. The highest BCUT2D eigenvalue weighted by Crippen LogP contribution is 2.49. The minimum absolute atomic E-state index is 0.0964. The number of hydrogen-bond acceptors (Lipinski definition) is 3. The predicted octanol–water partition coefficient (Wildman–Crippen LogP) is 6.92. The van der Waals surface area contributed by atoms with Gasteiger partial charge in [0.25, 0.3) is 5.56 Å². The third-order valence-corrected chi connectivity index (χ3v) is 8.05. The van der Waals surface area contributed by atoms with Crippen molar-refractivity contribution in [2.45, 2.75) is 68.2 Å². The number of nitrogens with zero attached hydrogens (tertiary/aromatic N) is 2. The van der Waals surface area contributed by atoms with E-state index in [0.29, 0.717) is 5.25 Å². The second-order valence-corrected chi connectivity index (χ2v) is 11.5. The Bertz CT molecular complexity index is 1190. The van der Waals surface area contributed by atoms with Gasteiger partial charge < -0.3 is 0 Å². The van der Waals surface area contributed by atoms with Gasteiger partial charge in [0.15, 0.2) is 5.16 Å². The molecule has 0 aliphatic heterocycles. The number of halogens is 1. The molecule has 2 aliphatic carbocycles. The van der Waals surface area contributed by atoms with Crippen LogP contribution in [0.25, 0.3) is 16.9 Å². The van der Waals surface area contributed by atoms with Crippen molar-refractivity contribution in [3.8, 4) is 16.9 Å². The summed E-state index contributed by atoms with van der Waals surface area (Å²) in [6.07, 6.45) is 6.71. The van der Waals surface area contributed by atoms with E-state index in [2.05, 4.69) is 54.0 Å². The number of benzene rings is 2. The number of aromatic nitrogens is 2. The van der Waals surface area contributed by atoms with Gasteiger partial charge in [0.05, 0.1) is 16.9 Å². The Morgan fingerprint density at radius 1 is 1.06 bits per heavy atom. The van der Waals surface area contributed by atoms with Crippen molar-refractivity contribution in [1.29, 1.82) is 0 Å². The van der Waals surface area contributed by atoms with Gasteiger partial charge in [-0.15, -0.1) is 0 Å². The van der Waals surface area contributed by atoms with Gasteiger partial charge in [-0.2, -0.15) is 0 Å². The normalized spacial score (nSPS) is 16.9. The molecular formula is C26H27BrN2OS. The second-order valence-electron chi connectivity index (χ2n) is 9.08. The number of hydrogen-bond donors (Lipinski definition) is 0. The Morgan fingerprint density at radius 3 is 2.58 bits per heavy atom. The Hall–Kier alpha value is -1.85. The summed E-state index contributed by atoms with van der Waals surface area (Å²) in [5, 5.41) is 1.10. The van der Waals surface area contributed by atoms with Crippen LogP contribution in [0, 0.1) is 0 Å². The minimum Gasteiger partial charge on any atom is -0.268 e. The molecule has 0 N–H and O–H groups in total. The molecule has 0 unspecified atom stereocenters. The Kier molecular flexibility index (Phi) is 5.59. The fourth-order valence-corrected chi connectivity index (χ4v) is 6.57. The molecule has 1 aromatic heterocycles. The van der Waals surface area contributed by atoms with Crippen molar-refractivity contribution >= 4 is 27.7 Å². The van der Waals surface area contributed by atoms with E-state index in [1.54, 1.807) is 11.8 Å². The van der Waals surface area contributed by atoms with Crippen LogP contribution in [0.2, 0.25) is 0 Å². The summed E-state index contributed by atoms with van der Waals surface area (Å²) < 4.78 is 2.83. The van der Waals surface area contributed by atoms with E-state index in [4.69, 9.17) is 4.98 Å². The fourth-order valence-electron chi connectivity index (χ4n) is 5.32. The lowest BCUT2D eigenvalue weighted by Crippen LogP contribution is -2.43. The Balaban J connectivity index is 1.85. The van der Waals surface area contributed by atoms with Crippen LogP contribution >= 0.6 is 27.7 Å². The van der Waals surface area contributed by atoms with Crippen LogP contribution in [0.5, 0.6) is 0 Å². The summed E-state index contributed by atoms with van der Waals surface area (Å²) in [4.78, 5) is 19.5. The third kappa shape index (κ3) is 3.70. The first-order valence-electron chi connectivity index (χ1n) is 11.2. The Morgan fingerprint density at radius 2 is 1.84 bits per heavy atom. The maximum absolute atomic E-state index is 14.3. The van der Waals surface area contributed by atoms with Gasteiger partial charge in [-0.05, 0) is 43.0 Å². The topological polar surface area (TPSA) is 34.9 Å². The van der Waals surface area contributed by atoms with Gasteiger partial charge in [0.1, 0.15) is 0 Å². The molecule has 0 radical (unpaired) electrons. The van der Waals surface area contributed by atoms with Crippen molar-refractivity contribution in [2.24, 2.45) is 0 Å². The van der Waals surface area contributed by atoms with Crippen LogP contribution < -0.4 is 5.56 Å². The quantitative estimate of drug-likeness (QED) is 0.292. The van der Waals surface area contributed by atoms with E-state index < -0.39 is 0 Å². The van der Waals surface area contributed by atoms with Crippen molar-refractivity contribution < 1.29 is 0 Å². The molecule has 31 heavy (non-hydrogen) atoms. The molecule has 0 saturated heterocycles. The molecule has 5 heteroatoms. The fraction of sp³-hybridized carbons (Fsp3) is 0.385. The molecule has 2 aromatic carbocycles. The van der Waals surface area contributed by atoms with Gasteiger partial charge >= 0.3 is 0 Å². The standard InChI is InChI=1S/C26H27BrN2OS/c1-17(2)31-25-28-23-21-12-5-4-9-18(21)16-26(13-6-3-7-14-26)22(23)24(30)29(25)20-11-8-10-19(27)15-20/h4-5,8-12,15,17H,3,6-7,13-14,16H2,1-2H3. The zero-order valence-corrected chi connectivity index (χ0v) is 20.4. The number of rotatable bonds is 3. The summed E-state index contributed by atoms with van der Waals surface area (Å²) in [6.45, 7) is 4.30. The zero-order valence-electron chi connectivity index (χ0n) is 18.0. The average molecular weight is 495 g/mol. The maximum Gasteiger partial charge on any atom is 0.263 e. The van der Waals surface area contributed by atoms with Crippen LogP contribution in [-0.4, -0.2) is 14.8 Å². The smallest absolute Gasteiger partial charge is 0.263 e. The summed E-state index contributed by atoms with van der Waals surface area (Å²) >= 11 is 5.24. The van der Waals surface area contributed by atoms with E-state index >= 15 is 0 Å². The van der Waals surface area contributed by atoms with E-state index in [-0.39, 0.29) is 11.0 Å². The van der Waals surface area contributed by atoms with Crippen molar-refractivity contribution in [3.63, 3.8) is 0 Å². The summed E-state index contributed by atoms with van der Waals surface area (Å²) in [5.41, 5.74) is 5.23. The van der Waals surface area contributed by atoms with Crippen LogP contribution in [0.4, 0.5) is 0 Å². The van der Waals surface area contributed by atoms with Gasteiger partial charge in [0.2, 0.25) is 0 Å². The first-order valence-corrected chi connectivity index (χ1v) is 12.8. The van der Waals surface area contributed by atoms with Crippen LogP contribution in [-0.2, 0) is 11.8 Å². The molecule has 1 heterocycles. The molecule has 5 rings (SSSR count). The van der Waals surface area contributed by atoms with Crippen LogP contribution in [0.1, 0.15) is 57.1 Å². The lowest BCUT2D eigenvalue weighted by molar-refractivity contribution is 0.283.